The first kappa shape index (κ1) is 29.6. The number of carbonyl (C=O) groups excluding carboxylic acids is 1. The summed E-state index contributed by atoms with van der Waals surface area (Å²) in [7, 11) is 1.87. The molecule has 0 aliphatic carbocycles. The molecular weight excluding hydrogens is 659 g/mol. The van der Waals surface area contributed by atoms with E-state index in [1.165, 1.54) is 0 Å². The van der Waals surface area contributed by atoms with Crippen molar-refractivity contribution in [3.05, 3.63) is 83.3 Å². The second-order valence-corrected chi connectivity index (χ2v) is 12.4. The number of hydrogen-bond acceptors (Lipinski definition) is 7. The van der Waals surface area contributed by atoms with E-state index in [1.807, 2.05) is 56.4 Å². The molecule has 0 radical (unpaired) electrons. The molecule has 0 unspecified atom stereocenters. The molecule has 3 aromatic carbocycles. The van der Waals surface area contributed by atoms with Gasteiger partial charge in [-0.2, -0.15) is 0 Å². The molecule has 43 heavy (non-hydrogen) atoms. The summed E-state index contributed by atoms with van der Waals surface area (Å²) in [6.07, 6.45) is 1.35. The topological polar surface area (TPSA) is 102 Å². The zero-order valence-electron chi connectivity index (χ0n) is 24.4. The molecule has 226 valence electrons. The normalized spacial score (nSPS) is 14.2. The number of aromatic amines is 1. The number of H-pyrrole nitrogens is 1. The molecule has 0 saturated carbocycles. The van der Waals surface area contributed by atoms with Crippen LogP contribution in [0.25, 0.3) is 32.8 Å². The van der Waals surface area contributed by atoms with E-state index in [4.69, 9.17) is 17.6 Å². The number of hydrogen-bond donors (Lipinski definition) is 2. The Morgan fingerprint density at radius 2 is 1.93 bits per heavy atom. The van der Waals surface area contributed by atoms with Gasteiger partial charge >= 0.3 is 192 Å². The van der Waals surface area contributed by atoms with Crippen LogP contribution in [0.1, 0.15) is 40.8 Å². The van der Waals surface area contributed by atoms with Crippen LogP contribution in [0.4, 0.5) is 0 Å². The minimum Gasteiger partial charge on any atom is -0.493 e. The average molecular weight is 696 g/mol. The van der Waals surface area contributed by atoms with Gasteiger partial charge in [-0.15, -0.1) is 0 Å². The molecule has 1 aliphatic heterocycles. The Hall–Kier alpha value is -3.45. The van der Waals surface area contributed by atoms with Crippen LogP contribution in [0.3, 0.4) is 0 Å². The van der Waals surface area contributed by atoms with Gasteiger partial charge in [0.2, 0.25) is 0 Å². The van der Waals surface area contributed by atoms with Gasteiger partial charge in [-0.3, -0.25) is 0 Å². The number of ether oxygens (including phenoxy) is 2. The maximum absolute atomic E-state index is 13.2. The fourth-order valence-electron chi connectivity index (χ4n) is 5.81. The number of aliphatic hydroxyl groups is 1. The molecule has 2 aromatic heterocycles. The second-order valence-electron chi connectivity index (χ2n) is 10.5. The van der Waals surface area contributed by atoms with E-state index in [0.717, 1.165) is 73.2 Å². The van der Waals surface area contributed by atoms with Gasteiger partial charge in [0.25, 0.3) is 0 Å². The van der Waals surface area contributed by atoms with E-state index in [-0.39, 0.29) is 40.8 Å². The molecular formula is C33H36IN4O5-. The Labute approximate surface area is 261 Å². The van der Waals surface area contributed by atoms with Crippen molar-refractivity contribution in [1.82, 2.24) is 19.7 Å². The summed E-state index contributed by atoms with van der Waals surface area (Å²) in [5.74, 6) is 0.480. The van der Waals surface area contributed by atoms with Gasteiger partial charge in [-0.05, 0) is 18.4 Å². The van der Waals surface area contributed by atoms with Crippen molar-refractivity contribution in [2.75, 3.05) is 30.9 Å². The first-order valence-electron chi connectivity index (χ1n) is 14.6. The first-order valence-corrected chi connectivity index (χ1v) is 17.0. The monoisotopic (exact) mass is 695 g/mol. The minimum absolute atomic E-state index is 0.144. The third kappa shape index (κ3) is 6.14. The van der Waals surface area contributed by atoms with Crippen LogP contribution in [0, 0.1) is 0 Å². The van der Waals surface area contributed by atoms with Crippen LogP contribution in [0.5, 0.6) is 5.75 Å². The van der Waals surface area contributed by atoms with E-state index in [9.17, 15) is 9.90 Å². The Balaban J connectivity index is 1.33. The number of esters is 1. The van der Waals surface area contributed by atoms with Crippen LogP contribution >= 0.6 is 0 Å². The number of benzene rings is 3. The van der Waals surface area contributed by atoms with Gasteiger partial charge in [-0.1, -0.05) is 36.4 Å². The first-order chi connectivity index (χ1) is 21.1. The third-order valence-corrected chi connectivity index (χ3v) is 9.93. The van der Waals surface area contributed by atoms with Crippen LogP contribution < -0.4 is 26.4 Å². The summed E-state index contributed by atoms with van der Waals surface area (Å²) in [6, 6.07) is 20.4. The summed E-state index contributed by atoms with van der Waals surface area (Å²) in [5.41, 5.74) is 5.67. The molecule has 1 fully saturated rings. The molecule has 5 aromatic rings. The number of carbonyl (C=O) groups is 1. The third-order valence-electron chi connectivity index (χ3n) is 7.81. The smallest absolute Gasteiger partial charge is 0.493 e. The molecule has 1 aliphatic rings. The number of rotatable bonds is 11. The minimum atomic E-state index is -0.374. The maximum atomic E-state index is 13.2. The predicted octanol–water partition coefficient (Wildman–Crippen LogP) is 2.20. The van der Waals surface area contributed by atoms with E-state index in [2.05, 4.69) is 28.1 Å². The Morgan fingerprint density at radius 1 is 1.12 bits per heavy atom. The van der Waals surface area contributed by atoms with Crippen molar-refractivity contribution >= 4 is 27.6 Å². The summed E-state index contributed by atoms with van der Waals surface area (Å²) in [4.78, 5) is 19.0. The van der Waals surface area contributed by atoms with E-state index in [0.29, 0.717) is 31.7 Å². The quantitative estimate of drug-likeness (QED) is 0.0719. The van der Waals surface area contributed by atoms with Crippen LogP contribution in [0.15, 0.2) is 60.7 Å². The molecule has 10 heteroatoms. The number of nitrogens with zero attached hydrogens (tertiary/aromatic N) is 3. The number of halogens is 1. The molecule has 9 nitrogen and oxygen atoms in total. The number of aromatic nitrogens is 3. The van der Waals surface area contributed by atoms with Gasteiger partial charge in [-0.25, -0.2) is 0 Å². The summed E-state index contributed by atoms with van der Waals surface area (Å²) >= 11 is -0.293. The van der Waals surface area contributed by atoms with E-state index >= 15 is 0 Å². The van der Waals surface area contributed by atoms with Gasteiger partial charge in [0.15, 0.2) is 0 Å². The Kier molecular flexibility index (Phi) is 9.27. The molecule has 0 amide bonds. The Morgan fingerprint density at radius 3 is 2.74 bits per heavy atom. The average Bonchev–Trinajstić information content (AvgIpc) is 3.56. The molecule has 2 N–H and O–H groups in total. The van der Waals surface area contributed by atoms with Crippen LogP contribution in [0.2, 0.25) is 0 Å². The number of nitrogens with one attached hydrogen (secondary N) is 1. The summed E-state index contributed by atoms with van der Waals surface area (Å²) in [6.45, 7) is 4.73. The SMILES string of the molecule is CCOC(=O)c1[nH]c2c(-c3c(CN4CCO[I-]C4)nn(C)c3CO)cccc2c1CCCOc1cccc2ccccc12. The van der Waals surface area contributed by atoms with Gasteiger partial charge < -0.3 is 4.74 Å². The van der Waals surface area contributed by atoms with Crippen molar-refractivity contribution in [2.45, 2.75) is 32.9 Å². The molecule has 0 bridgehead atoms. The number of fused-ring (bicyclic) bond motifs is 2. The van der Waals surface area contributed by atoms with Crippen LogP contribution in [-0.2, 0) is 34.4 Å². The standard InChI is InChI=1S/C33H36IN4O5/c1-3-41-33(40)32-25(14-8-17-42-29-15-6-10-22-9-4-5-11-23(22)29)24-12-7-13-26(31(24)35-32)30-27(36-37(2)28(30)20-39)19-38-16-18-43-34-21-38/h4-7,9-13,15,35,39H,3,8,14,16-21H2,1-2H3/q-1. The van der Waals surface area contributed by atoms with Crippen molar-refractivity contribution in [2.24, 2.45) is 7.05 Å². The Bertz CT molecular complexity index is 1740. The summed E-state index contributed by atoms with van der Waals surface area (Å²) in [5, 5.41) is 18.4. The van der Waals surface area contributed by atoms with E-state index < -0.39 is 0 Å². The van der Waals surface area contributed by atoms with E-state index in [1.54, 1.807) is 4.68 Å². The van der Waals surface area contributed by atoms with Crippen molar-refractivity contribution in [3.8, 4) is 16.9 Å². The molecule has 0 atom stereocenters. The van der Waals surface area contributed by atoms with Crippen LogP contribution in [-0.4, -0.2) is 61.7 Å². The zero-order valence-corrected chi connectivity index (χ0v) is 26.6. The molecule has 3 heterocycles. The van der Waals surface area contributed by atoms with Gasteiger partial charge in [0, 0.05) is 5.39 Å². The zero-order chi connectivity index (χ0) is 29.8. The second kappa shape index (κ2) is 13.5. The number of aryl methyl sites for hydroxylation is 2. The molecule has 1 saturated heterocycles. The fourth-order valence-corrected chi connectivity index (χ4v) is 7.49. The number of alkyl halides is 1. The van der Waals surface area contributed by atoms with Crippen molar-refractivity contribution in [3.63, 3.8) is 0 Å². The van der Waals surface area contributed by atoms with Crippen molar-refractivity contribution < 1.29 is 44.1 Å². The number of para-hydroxylation sites is 1. The fraction of sp³-hybridized carbons (Fsp3) is 0.333. The predicted molar refractivity (Wildman–Crippen MR) is 161 cm³/mol. The number of aliphatic hydroxyl groups excluding tert-OH is 1. The van der Waals surface area contributed by atoms with Gasteiger partial charge in [0.1, 0.15) is 5.75 Å². The van der Waals surface area contributed by atoms with Gasteiger partial charge in [0.05, 0.1) is 0 Å². The molecule has 6 rings (SSSR count). The summed E-state index contributed by atoms with van der Waals surface area (Å²) < 4.78 is 20.0. The molecule has 0 spiro atoms. The van der Waals surface area contributed by atoms with Crippen molar-refractivity contribution in [1.29, 1.82) is 0 Å².